The summed E-state index contributed by atoms with van der Waals surface area (Å²) < 4.78 is 70.5. The number of H-pyrrole nitrogens is 2. The molecule has 0 saturated heterocycles. The number of carbonyl (C=O) groups is 1. The summed E-state index contributed by atoms with van der Waals surface area (Å²) in [5.74, 6) is -3.01. The molecule has 0 unspecified atom stereocenters. The van der Waals surface area contributed by atoms with E-state index < -0.39 is 19.4 Å². The summed E-state index contributed by atoms with van der Waals surface area (Å²) >= 11 is 3.46. The lowest BCUT2D eigenvalue weighted by Gasteiger charge is -2.03. The van der Waals surface area contributed by atoms with E-state index in [1.165, 1.54) is 20.4 Å². The van der Waals surface area contributed by atoms with Gasteiger partial charge in [-0.25, -0.2) is 9.97 Å². The Kier molecular flexibility index (Phi) is 9.66. The molecule has 0 spiro atoms. The number of aromatic amines is 2. The number of carboxylic acid groups (broad SMARTS) is 1. The highest BCUT2D eigenvalue weighted by atomic mass is 32.1. The fraction of sp³-hybridized carbons (Fsp3) is 0.0625. The van der Waals surface area contributed by atoms with Crippen LogP contribution in [-0.2, 0) is 4.79 Å². The van der Waals surface area contributed by atoms with Crippen LogP contribution in [0.15, 0.2) is 59.6 Å². The number of carbonyl (C=O) groups excluding carboxylic acids is 1. The van der Waals surface area contributed by atoms with Gasteiger partial charge in [-0.15, -0.1) is 0 Å². The van der Waals surface area contributed by atoms with Gasteiger partial charge in [-0.3, -0.25) is 0 Å². The van der Waals surface area contributed by atoms with Gasteiger partial charge in [-0.2, -0.15) is 13.2 Å². The molecule has 0 radical (unpaired) electrons. The third kappa shape index (κ3) is 10.7. The van der Waals surface area contributed by atoms with E-state index in [0.717, 1.165) is 0 Å². The molecule has 0 amide bonds. The summed E-state index contributed by atoms with van der Waals surface area (Å²) in [7, 11) is -6.00. The fourth-order valence-electron chi connectivity index (χ4n) is 1.69. The zero-order valence-electron chi connectivity index (χ0n) is 14.6. The zero-order chi connectivity index (χ0) is 22.8. The number of aliphatic carboxylic acids is 1. The molecule has 162 valence electrons. The molecule has 14 heteroatoms. The minimum atomic E-state index is -6.00. The van der Waals surface area contributed by atoms with Crippen LogP contribution < -0.4 is 15.1 Å². The number of halogens is 7. The van der Waals surface area contributed by atoms with E-state index in [1.54, 1.807) is 22.7 Å². The van der Waals surface area contributed by atoms with Gasteiger partial charge < -0.3 is 27.2 Å². The molecule has 4 aromatic rings. The number of alkyl halides is 3. The molecule has 4 heterocycles. The van der Waals surface area contributed by atoms with Crippen molar-refractivity contribution >= 4 is 56.3 Å². The molecule has 4 rings (SSSR count). The normalized spacial score (nSPS) is 10.8. The number of pyridine rings is 2. The molecule has 0 bridgehead atoms. The molecule has 0 aliphatic rings. The average Bonchev–Trinajstić information content (AvgIpc) is 3.29. The van der Waals surface area contributed by atoms with Crippen molar-refractivity contribution in [3.05, 3.63) is 59.6 Å². The molecule has 0 aliphatic heterocycles. The van der Waals surface area contributed by atoms with E-state index in [1.807, 2.05) is 24.5 Å². The number of aromatic nitrogens is 2. The minimum Gasteiger partial charge on any atom is -0.542 e. The van der Waals surface area contributed by atoms with Crippen LogP contribution >= 0.6 is 22.7 Å². The Morgan fingerprint density at radius 2 is 1.17 bits per heavy atom. The van der Waals surface area contributed by atoms with Crippen molar-refractivity contribution in [2.24, 2.45) is 0 Å². The Morgan fingerprint density at radius 1 is 0.833 bits per heavy atom. The fourth-order valence-corrected chi connectivity index (χ4v) is 3.20. The van der Waals surface area contributed by atoms with E-state index in [-0.39, 0.29) is 0 Å². The van der Waals surface area contributed by atoms with E-state index in [4.69, 9.17) is 9.90 Å². The average molecular weight is 472 g/mol. The monoisotopic (exact) mass is 472 g/mol. The van der Waals surface area contributed by atoms with Crippen LogP contribution in [0.3, 0.4) is 0 Å². The summed E-state index contributed by atoms with van der Waals surface area (Å²) in [5, 5.41) is 15.5. The van der Waals surface area contributed by atoms with Gasteiger partial charge in [-0.05, 0) is 35.0 Å². The van der Waals surface area contributed by atoms with Gasteiger partial charge in [-0.1, -0.05) is 22.7 Å². The Bertz CT molecular complexity index is 919. The highest BCUT2D eigenvalue weighted by molar-refractivity contribution is 7.16. The van der Waals surface area contributed by atoms with Gasteiger partial charge in [0, 0.05) is 12.1 Å². The van der Waals surface area contributed by atoms with Crippen LogP contribution in [-0.4, -0.2) is 19.4 Å². The SMILES string of the molecule is F[B-](F)(F)F.O=C([O-])C(F)(F)F.c1c[nH+]c2sccc2c1.c1c[nH+]c2sccc2c1. The van der Waals surface area contributed by atoms with Crippen molar-refractivity contribution in [2.45, 2.75) is 6.18 Å². The molecule has 30 heavy (non-hydrogen) atoms. The number of hydrogen-bond acceptors (Lipinski definition) is 4. The molecule has 0 aliphatic carbocycles. The van der Waals surface area contributed by atoms with Gasteiger partial charge in [0.15, 0.2) is 12.4 Å². The second-order valence-electron chi connectivity index (χ2n) is 5.03. The number of rotatable bonds is 0. The predicted octanol–water partition coefficient (Wildman–Crippen LogP) is 4.03. The van der Waals surface area contributed by atoms with Crippen LogP contribution in [0.25, 0.3) is 20.4 Å². The van der Waals surface area contributed by atoms with Crippen LogP contribution in [0.2, 0.25) is 0 Å². The maximum Gasteiger partial charge on any atom is 0.673 e. The first-order valence-corrected chi connectivity index (χ1v) is 9.47. The molecule has 2 N–H and O–H groups in total. The van der Waals surface area contributed by atoms with Gasteiger partial charge >= 0.3 is 13.4 Å². The smallest absolute Gasteiger partial charge is 0.542 e. The summed E-state index contributed by atoms with van der Waals surface area (Å²) in [6, 6.07) is 12.4. The lowest BCUT2D eigenvalue weighted by Crippen LogP contribution is -2.37. The maximum atomic E-state index is 10.5. The number of fused-ring (bicyclic) bond motifs is 2. The van der Waals surface area contributed by atoms with Crippen LogP contribution in [0, 0.1) is 0 Å². The van der Waals surface area contributed by atoms with Crippen molar-refractivity contribution in [1.82, 2.24) is 0 Å². The zero-order valence-corrected chi connectivity index (χ0v) is 16.3. The molecule has 4 aromatic heterocycles. The van der Waals surface area contributed by atoms with Gasteiger partial charge in [0.1, 0.15) is 5.97 Å². The van der Waals surface area contributed by atoms with Gasteiger partial charge in [0.05, 0.1) is 10.8 Å². The van der Waals surface area contributed by atoms with Gasteiger partial charge in [0.25, 0.3) is 9.66 Å². The van der Waals surface area contributed by atoms with E-state index in [2.05, 4.69) is 45.0 Å². The van der Waals surface area contributed by atoms with E-state index in [9.17, 15) is 30.4 Å². The molecular formula is C16H12BF7N2O2S2. The Labute approximate surface area is 172 Å². The van der Waals surface area contributed by atoms with E-state index >= 15 is 0 Å². The summed E-state index contributed by atoms with van der Waals surface area (Å²) in [4.78, 5) is 17.6. The number of carboxylic acids is 1. The lowest BCUT2D eigenvalue weighted by atomic mass is 10.3. The van der Waals surface area contributed by atoms with Crippen LogP contribution in [0.1, 0.15) is 0 Å². The second kappa shape index (κ2) is 11.5. The van der Waals surface area contributed by atoms with Gasteiger partial charge in [0.2, 0.25) is 0 Å². The highest BCUT2D eigenvalue weighted by Crippen LogP contribution is 2.14. The lowest BCUT2D eigenvalue weighted by molar-refractivity contribution is -0.344. The van der Waals surface area contributed by atoms with Crippen molar-refractivity contribution in [2.75, 3.05) is 0 Å². The minimum absolute atomic E-state index is 1.25. The van der Waals surface area contributed by atoms with Crippen molar-refractivity contribution in [3.8, 4) is 0 Å². The molecular weight excluding hydrogens is 460 g/mol. The molecule has 0 atom stereocenters. The highest BCUT2D eigenvalue weighted by Gasteiger charge is 2.28. The largest absolute Gasteiger partial charge is 0.673 e. The first-order valence-electron chi connectivity index (χ1n) is 7.71. The first kappa shape index (κ1) is 25.3. The Balaban J connectivity index is 0.000000206. The van der Waals surface area contributed by atoms with Crippen molar-refractivity contribution < 1.29 is 50.3 Å². The third-order valence-electron chi connectivity index (χ3n) is 2.80. The molecule has 4 nitrogen and oxygen atoms in total. The van der Waals surface area contributed by atoms with Crippen molar-refractivity contribution in [3.63, 3.8) is 0 Å². The summed E-state index contributed by atoms with van der Waals surface area (Å²) in [6.45, 7) is 0. The number of hydrogen-bond donors (Lipinski definition) is 0. The van der Waals surface area contributed by atoms with Crippen LogP contribution in [0.5, 0.6) is 0 Å². The number of thiophene rings is 2. The topological polar surface area (TPSA) is 68.4 Å². The molecule has 0 saturated carbocycles. The summed E-state index contributed by atoms with van der Waals surface area (Å²) in [5.41, 5.74) is 0. The van der Waals surface area contributed by atoms with Crippen molar-refractivity contribution in [1.29, 1.82) is 0 Å². The standard InChI is InChI=1S/2C7H5NS.C2HF3O2.BF4/c2*1-2-6-3-5-9-7(6)8-4-1;3-2(4,5)1(6)7;2-1(3,4)5/h2*1-5H;(H,6,7);/q;;;-1/p+1. The van der Waals surface area contributed by atoms with Crippen LogP contribution in [0.4, 0.5) is 30.4 Å². The Hall–Kier alpha value is -2.74. The summed E-state index contributed by atoms with van der Waals surface area (Å²) in [6.07, 6.45) is -1.31. The number of nitrogens with one attached hydrogen (secondary N) is 2. The maximum absolute atomic E-state index is 10.5. The molecule has 0 aromatic carbocycles. The second-order valence-corrected chi connectivity index (χ2v) is 6.86. The first-order chi connectivity index (χ1) is 13.9. The third-order valence-corrected chi connectivity index (χ3v) is 4.52. The molecule has 0 fully saturated rings. The van der Waals surface area contributed by atoms with E-state index in [0.29, 0.717) is 0 Å². The predicted molar refractivity (Wildman–Crippen MR) is 98.0 cm³/mol. The quantitative estimate of drug-likeness (QED) is 0.287. The Morgan fingerprint density at radius 3 is 1.43 bits per heavy atom.